The van der Waals surface area contributed by atoms with Gasteiger partial charge in [0.15, 0.2) is 0 Å². The molecule has 0 spiro atoms. The van der Waals surface area contributed by atoms with E-state index in [2.05, 4.69) is 6.07 Å². The van der Waals surface area contributed by atoms with E-state index in [9.17, 15) is 0 Å². The summed E-state index contributed by atoms with van der Waals surface area (Å²) in [5, 5.41) is 8.44. The van der Waals surface area contributed by atoms with E-state index in [1.807, 2.05) is 36.0 Å². The highest BCUT2D eigenvalue weighted by Gasteiger charge is 1.96. The van der Waals surface area contributed by atoms with Gasteiger partial charge in [-0.25, -0.2) is 0 Å². The molecule has 0 bridgehead atoms. The van der Waals surface area contributed by atoms with E-state index in [0.29, 0.717) is 0 Å². The van der Waals surface area contributed by atoms with Crippen LogP contribution < -0.4 is 0 Å². The molecule has 0 amide bonds. The number of nitriles is 1. The lowest BCUT2D eigenvalue weighted by Gasteiger charge is -2.00. The molecule has 0 saturated heterocycles. The number of aromatic nitrogens is 1. The molecule has 1 aromatic rings. The first-order valence-electron chi connectivity index (χ1n) is 2.86. The highest BCUT2D eigenvalue weighted by Crippen LogP contribution is 2.01. The zero-order chi connectivity index (χ0) is 6.69. The summed E-state index contributed by atoms with van der Waals surface area (Å²) in [7, 11) is 0. The average Bonchev–Trinajstić information content (AvgIpc) is 2.37. The maximum atomic E-state index is 8.44. The van der Waals surface area contributed by atoms with Crippen molar-refractivity contribution in [3.63, 3.8) is 0 Å². The summed E-state index contributed by atoms with van der Waals surface area (Å²) in [5.41, 5.74) is 0. The lowest BCUT2D eigenvalue weighted by Crippen LogP contribution is -1.97. The van der Waals surface area contributed by atoms with E-state index < -0.39 is 0 Å². The van der Waals surface area contributed by atoms with E-state index in [1.54, 1.807) is 0 Å². The molecule has 9 heavy (non-hydrogen) atoms. The zero-order valence-corrected chi connectivity index (χ0v) is 5.28. The molecule has 1 rings (SSSR count). The number of hydrogen-bond acceptors (Lipinski definition) is 1. The molecule has 2 nitrogen and oxygen atoms in total. The van der Waals surface area contributed by atoms with Crippen molar-refractivity contribution in [1.82, 2.24) is 4.57 Å². The smallest absolute Gasteiger partial charge is 0.117 e. The van der Waals surface area contributed by atoms with Crippen molar-refractivity contribution in [1.29, 1.82) is 5.26 Å². The third-order valence-corrected chi connectivity index (χ3v) is 1.26. The van der Waals surface area contributed by atoms with Gasteiger partial charge in [-0.1, -0.05) is 0 Å². The number of rotatable bonds is 1. The SMILES string of the molecule is CC(C#N)n1cccc1. The maximum absolute atomic E-state index is 8.44. The Labute approximate surface area is 54.3 Å². The molecule has 46 valence electrons. The van der Waals surface area contributed by atoms with Crippen molar-refractivity contribution >= 4 is 0 Å². The molecular weight excluding hydrogens is 112 g/mol. The van der Waals surface area contributed by atoms with Gasteiger partial charge in [0, 0.05) is 12.4 Å². The van der Waals surface area contributed by atoms with Gasteiger partial charge in [0.1, 0.15) is 6.04 Å². The minimum atomic E-state index is -0.0417. The van der Waals surface area contributed by atoms with Crippen LogP contribution >= 0.6 is 0 Å². The Bertz CT molecular complexity index is 205. The van der Waals surface area contributed by atoms with Crippen LogP contribution in [0.4, 0.5) is 0 Å². The lowest BCUT2D eigenvalue weighted by molar-refractivity contribution is 0.678. The molecule has 1 heterocycles. The monoisotopic (exact) mass is 120 g/mol. The van der Waals surface area contributed by atoms with E-state index in [0.717, 1.165) is 0 Å². The summed E-state index contributed by atoms with van der Waals surface area (Å²) in [6.07, 6.45) is 3.77. The van der Waals surface area contributed by atoms with E-state index in [1.165, 1.54) is 0 Å². The third-order valence-electron chi connectivity index (χ3n) is 1.26. The van der Waals surface area contributed by atoms with Crippen LogP contribution in [-0.4, -0.2) is 4.57 Å². The van der Waals surface area contributed by atoms with Gasteiger partial charge in [-0.2, -0.15) is 5.26 Å². The van der Waals surface area contributed by atoms with Crippen LogP contribution in [0.3, 0.4) is 0 Å². The van der Waals surface area contributed by atoms with Crippen LogP contribution in [0.2, 0.25) is 0 Å². The molecule has 0 aliphatic carbocycles. The van der Waals surface area contributed by atoms with Crippen LogP contribution in [0.15, 0.2) is 24.5 Å². The minimum absolute atomic E-state index is 0.0417. The van der Waals surface area contributed by atoms with E-state index >= 15 is 0 Å². The Morgan fingerprint density at radius 2 is 2.00 bits per heavy atom. The zero-order valence-electron chi connectivity index (χ0n) is 5.28. The normalized spacial score (nSPS) is 12.4. The first-order valence-corrected chi connectivity index (χ1v) is 2.86. The van der Waals surface area contributed by atoms with Gasteiger partial charge in [-0.05, 0) is 19.1 Å². The summed E-state index contributed by atoms with van der Waals surface area (Å²) >= 11 is 0. The molecule has 2 heteroatoms. The van der Waals surface area contributed by atoms with Crippen molar-refractivity contribution in [3.8, 4) is 6.07 Å². The van der Waals surface area contributed by atoms with Crippen molar-refractivity contribution in [2.45, 2.75) is 13.0 Å². The van der Waals surface area contributed by atoms with Crippen LogP contribution in [-0.2, 0) is 0 Å². The minimum Gasteiger partial charge on any atom is -0.338 e. The fourth-order valence-electron chi connectivity index (χ4n) is 0.673. The summed E-state index contributed by atoms with van der Waals surface area (Å²) in [6, 6.07) is 5.91. The molecule has 0 radical (unpaired) electrons. The van der Waals surface area contributed by atoms with Crippen LogP contribution in [0.25, 0.3) is 0 Å². The predicted molar refractivity (Wildman–Crippen MR) is 34.8 cm³/mol. The summed E-state index contributed by atoms with van der Waals surface area (Å²) in [6.45, 7) is 1.86. The van der Waals surface area contributed by atoms with Crippen LogP contribution in [0.1, 0.15) is 13.0 Å². The van der Waals surface area contributed by atoms with Gasteiger partial charge in [-0.15, -0.1) is 0 Å². The molecule has 0 saturated carbocycles. The molecule has 0 N–H and O–H groups in total. The molecule has 0 fully saturated rings. The summed E-state index contributed by atoms with van der Waals surface area (Å²) < 4.78 is 1.86. The molecular formula is C7H8N2. The largest absolute Gasteiger partial charge is 0.338 e. The van der Waals surface area contributed by atoms with E-state index in [-0.39, 0.29) is 6.04 Å². The van der Waals surface area contributed by atoms with Crippen molar-refractivity contribution < 1.29 is 0 Å². The lowest BCUT2D eigenvalue weighted by atomic mass is 10.4. The second kappa shape index (κ2) is 2.36. The van der Waals surface area contributed by atoms with Crippen molar-refractivity contribution in [2.24, 2.45) is 0 Å². The molecule has 1 atom stereocenters. The number of nitrogens with zero attached hydrogens (tertiary/aromatic N) is 2. The summed E-state index contributed by atoms with van der Waals surface area (Å²) in [5.74, 6) is 0. The Morgan fingerprint density at radius 3 is 2.44 bits per heavy atom. The molecule has 0 aliphatic rings. The van der Waals surface area contributed by atoms with Gasteiger partial charge >= 0.3 is 0 Å². The Hall–Kier alpha value is -1.23. The second-order valence-corrected chi connectivity index (χ2v) is 1.94. The fourth-order valence-corrected chi connectivity index (χ4v) is 0.673. The van der Waals surface area contributed by atoms with E-state index in [4.69, 9.17) is 5.26 Å². The van der Waals surface area contributed by atoms with Crippen molar-refractivity contribution in [3.05, 3.63) is 24.5 Å². The van der Waals surface area contributed by atoms with Gasteiger partial charge in [0.2, 0.25) is 0 Å². The van der Waals surface area contributed by atoms with Crippen LogP contribution in [0.5, 0.6) is 0 Å². The topological polar surface area (TPSA) is 28.7 Å². The Morgan fingerprint density at radius 1 is 1.44 bits per heavy atom. The Kier molecular flexibility index (Phi) is 1.55. The molecule has 0 aliphatic heterocycles. The second-order valence-electron chi connectivity index (χ2n) is 1.94. The first-order chi connectivity index (χ1) is 4.34. The highest BCUT2D eigenvalue weighted by atomic mass is 15.0. The van der Waals surface area contributed by atoms with Gasteiger partial charge in [0.05, 0.1) is 6.07 Å². The maximum Gasteiger partial charge on any atom is 0.117 e. The standard InChI is InChI=1S/C7H8N2/c1-7(6-8)9-4-2-3-5-9/h2-5,7H,1H3. The first kappa shape index (κ1) is 5.90. The Balaban J connectivity index is 2.80. The van der Waals surface area contributed by atoms with Crippen molar-refractivity contribution in [2.75, 3.05) is 0 Å². The molecule has 0 aromatic carbocycles. The number of hydrogen-bond donors (Lipinski definition) is 0. The summed E-state index contributed by atoms with van der Waals surface area (Å²) in [4.78, 5) is 0. The van der Waals surface area contributed by atoms with Gasteiger partial charge < -0.3 is 4.57 Å². The van der Waals surface area contributed by atoms with Gasteiger partial charge in [-0.3, -0.25) is 0 Å². The van der Waals surface area contributed by atoms with Gasteiger partial charge in [0.25, 0.3) is 0 Å². The molecule has 1 aromatic heterocycles. The average molecular weight is 120 g/mol. The fraction of sp³-hybridized carbons (Fsp3) is 0.286. The predicted octanol–water partition coefficient (Wildman–Crippen LogP) is 1.57. The highest BCUT2D eigenvalue weighted by molar-refractivity contribution is 4.97. The third kappa shape index (κ3) is 1.11. The molecule has 1 unspecified atom stereocenters. The van der Waals surface area contributed by atoms with Crippen LogP contribution in [0, 0.1) is 11.3 Å². The quantitative estimate of drug-likeness (QED) is 0.553.